The third-order valence-corrected chi connectivity index (χ3v) is 2.49. The molecule has 0 saturated carbocycles. The van der Waals surface area contributed by atoms with Crippen LogP contribution < -0.4 is 5.73 Å². The topological polar surface area (TPSA) is 38.9 Å². The molecule has 70 valence electrons. The molecule has 0 spiro atoms. The first-order valence-corrected chi connectivity index (χ1v) is 5.02. The third-order valence-electron chi connectivity index (χ3n) is 1.96. The van der Waals surface area contributed by atoms with E-state index in [1.807, 2.05) is 30.3 Å². The fraction of sp³-hybridized carbons (Fsp3) is 0. The molecule has 2 aromatic rings. The Kier molecular flexibility index (Phi) is 2.50. The predicted octanol–water partition coefficient (Wildman–Crippen LogP) is 3.09. The molecule has 0 aliphatic carbocycles. The molecule has 1 aromatic carbocycles. The first kappa shape index (κ1) is 9.21. The van der Waals surface area contributed by atoms with E-state index in [1.165, 1.54) is 0 Å². The lowest BCUT2D eigenvalue weighted by Crippen LogP contribution is -1.88. The molecule has 2 N–H and O–H groups in total. The van der Waals surface area contributed by atoms with Crippen molar-refractivity contribution in [2.75, 3.05) is 5.73 Å². The zero-order valence-corrected chi connectivity index (χ0v) is 9.03. The first-order valence-electron chi connectivity index (χ1n) is 4.23. The summed E-state index contributed by atoms with van der Waals surface area (Å²) in [5.41, 5.74) is 7.73. The molecule has 2 nitrogen and oxygen atoms in total. The van der Waals surface area contributed by atoms with Gasteiger partial charge in [-0.05, 0) is 29.8 Å². The predicted molar refractivity (Wildman–Crippen MR) is 61.8 cm³/mol. The highest BCUT2D eigenvalue weighted by molar-refractivity contribution is 9.10. The maximum absolute atomic E-state index is 5.51. The number of halogens is 1. The van der Waals surface area contributed by atoms with Crippen molar-refractivity contribution in [1.29, 1.82) is 0 Å². The van der Waals surface area contributed by atoms with Gasteiger partial charge in [0, 0.05) is 16.2 Å². The minimum absolute atomic E-state index is 0.547. The average Bonchev–Trinajstić information content (AvgIpc) is 2.21. The Hall–Kier alpha value is -1.35. The molecule has 0 fully saturated rings. The molecule has 0 bridgehead atoms. The fourth-order valence-electron chi connectivity index (χ4n) is 1.22. The zero-order valence-electron chi connectivity index (χ0n) is 7.44. The lowest BCUT2D eigenvalue weighted by molar-refractivity contribution is 1.34. The van der Waals surface area contributed by atoms with Crippen molar-refractivity contribution in [3.05, 3.63) is 47.1 Å². The highest BCUT2D eigenvalue weighted by Gasteiger charge is 1.97. The van der Waals surface area contributed by atoms with Gasteiger partial charge < -0.3 is 5.73 Å². The van der Waals surface area contributed by atoms with Gasteiger partial charge in [0.25, 0.3) is 0 Å². The Morgan fingerprint density at radius 2 is 1.57 bits per heavy atom. The quantitative estimate of drug-likeness (QED) is 0.843. The van der Waals surface area contributed by atoms with Gasteiger partial charge in [-0.2, -0.15) is 0 Å². The van der Waals surface area contributed by atoms with Crippen molar-refractivity contribution in [1.82, 2.24) is 4.98 Å². The largest absolute Gasteiger partial charge is 0.384 e. The summed E-state index contributed by atoms with van der Waals surface area (Å²) < 4.78 is 1.07. The van der Waals surface area contributed by atoms with Crippen LogP contribution in [0.3, 0.4) is 0 Å². The van der Waals surface area contributed by atoms with Crippen LogP contribution in [0.5, 0.6) is 0 Å². The lowest BCUT2D eigenvalue weighted by Gasteiger charge is -2.01. The number of anilines is 1. The van der Waals surface area contributed by atoms with Crippen LogP contribution in [0, 0.1) is 0 Å². The molecule has 3 heteroatoms. The van der Waals surface area contributed by atoms with Crippen LogP contribution in [0.15, 0.2) is 47.1 Å². The van der Waals surface area contributed by atoms with Crippen molar-refractivity contribution in [3.63, 3.8) is 0 Å². The molecule has 14 heavy (non-hydrogen) atoms. The number of nitrogens with two attached hydrogens (primary N) is 1. The molecule has 2 rings (SSSR count). The summed E-state index contributed by atoms with van der Waals surface area (Å²) in [6.07, 6.45) is 1.78. The van der Waals surface area contributed by atoms with Gasteiger partial charge in [-0.25, -0.2) is 4.98 Å². The van der Waals surface area contributed by atoms with Gasteiger partial charge in [-0.1, -0.05) is 28.1 Å². The summed E-state index contributed by atoms with van der Waals surface area (Å²) in [6.45, 7) is 0. The highest BCUT2D eigenvalue weighted by atomic mass is 79.9. The smallest absolute Gasteiger partial charge is 0.123 e. The maximum atomic E-state index is 5.51. The number of pyridine rings is 1. The van der Waals surface area contributed by atoms with Crippen LogP contribution in [0.4, 0.5) is 5.82 Å². The molecule has 0 atom stereocenters. The molecule has 0 unspecified atom stereocenters. The Balaban J connectivity index is 2.40. The van der Waals surface area contributed by atoms with Gasteiger partial charge in [0.15, 0.2) is 0 Å². The van der Waals surface area contributed by atoms with E-state index in [2.05, 4.69) is 20.9 Å². The van der Waals surface area contributed by atoms with Gasteiger partial charge in [-0.3, -0.25) is 0 Å². The summed E-state index contributed by atoms with van der Waals surface area (Å²) >= 11 is 3.39. The van der Waals surface area contributed by atoms with E-state index in [4.69, 9.17) is 5.73 Å². The standard InChI is InChI=1S/C11H9BrN2/c12-10-4-1-8(2-5-10)9-3-6-11(13)14-7-9/h1-7H,(H2,13,14). The molecule has 0 amide bonds. The number of rotatable bonds is 1. The maximum Gasteiger partial charge on any atom is 0.123 e. The number of hydrogen-bond acceptors (Lipinski definition) is 2. The molecule has 0 saturated heterocycles. The monoisotopic (exact) mass is 248 g/mol. The molecule has 0 aliphatic rings. The van der Waals surface area contributed by atoms with Gasteiger partial charge in [-0.15, -0.1) is 0 Å². The molecular formula is C11H9BrN2. The molecule has 1 aromatic heterocycles. The summed E-state index contributed by atoms with van der Waals surface area (Å²) in [7, 11) is 0. The van der Waals surface area contributed by atoms with E-state index >= 15 is 0 Å². The van der Waals surface area contributed by atoms with Crippen LogP contribution >= 0.6 is 15.9 Å². The van der Waals surface area contributed by atoms with Gasteiger partial charge >= 0.3 is 0 Å². The number of nitrogen functional groups attached to an aromatic ring is 1. The Morgan fingerprint density at radius 3 is 2.14 bits per heavy atom. The van der Waals surface area contributed by atoms with Crippen molar-refractivity contribution in [3.8, 4) is 11.1 Å². The summed E-state index contributed by atoms with van der Waals surface area (Å²) in [6, 6.07) is 11.9. The minimum atomic E-state index is 0.547. The van der Waals surface area contributed by atoms with E-state index in [-0.39, 0.29) is 0 Å². The normalized spacial score (nSPS) is 10.1. The Labute approximate surface area is 90.9 Å². The van der Waals surface area contributed by atoms with Crippen molar-refractivity contribution < 1.29 is 0 Å². The van der Waals surface area contributed by atoms with Crippen molar-refractivity contribution in [2.24, 2.45) is 0 Å². The van der Waals surface area contributed by atoms with Crippen LogP contribution in [0.2, 0.25) is 0 Å². The average molecular weight is 249 g/mol. The number of aromatic nitrogens is 1. The Morgan fingerprint density at radius 1 is 0.929 bits per heavy atom. The molecule has 1 heterocycles. The van der Waals surface area contributed by atoms with E-state index < -0.39 is 0 Å². The molecule has 0 radical (unpaired) electrons. The van der Waals surface area contributed by atoms with Crippen LogP contribution in [0.25, 0.3) is 11.1 Å². The first-order chi connectivity index (χ1) is 6.75. The van der Waals surface area contributed by atoms with Gasteiger partial charge in [0.2, 0.25) is 0 Å². The van der Waals surface area contributed by atoms with Gasteiger partial charge in [0.1, 0.15) is 5.82 Å². The van der Waals surface area contributed by atoms with Crippen LogP contribution in [-0.4, -0.2) is 4.98 Å². The second-order valence-corrected chi connectivity index (χ2v) is 3.89. The Bertz CT molecular complexity index is 377. The zero-order chi connectivity index (χ0) is 9.97. The second kappa shape index (κ2) is 3.80. The fourth-order valence-corrected chi connectivity index (χ4v) is 1.48. The van der Waals surface area contributed by atoms with Gasteiger partial charge in [0.05, 0.1) is 0 Å². The summed E-state index contributed by atoms with van der Waals surface area (Å²) in [4.78, 5) is 4.04. The van der Waals surface area contributed by atoms with E-state index in [0.29, 0.717) is 5.82 Å². The minimum Gasteiger partial charge on any atom is -0.384 e. The number of nitrogens with zero attached hydrogens (tertiary/aromatic N) is 1. The second-order valence-electron chi connectivity index (χ2n) is 2.98. The number of hydrogen-bond donors (Lipinski definition) is 1. The van der Waals surface area contributed by atoms with E-state index in [9.17, 15) is 0 Å². The van der Waals surface area contributed by atoms with Crippen molar-refractivity contribution >= 4 is 21.7 Å². The summed E-state index contributed by atoms with van der Waals surface area (Å²) in [5.74, 6) is 0.547. The highest BCUT2D eigenvalue weighted by Crippen LogP contribution is 2.21. The van der Waals surface area contributed by atoms with Crippen LogP contribution in [-0.2, 0) is 0 Å². The third kappa shape index (κ3) is 1.93. The molecular weight excluding hydrogens is 240 g/mol. The summed E-state index contributed by atoms with van der Waals surface area (Å²) in [5, 5.41) is 0. The van der Waals surface area contributed by atoms with E-state index in [1.54, 1.807) is 12.3 Å². The molecule has 0 aliphatic heterocycles. The van der Waals surface area contributed by atoms with Crippen molar-refractivity contribution in [2.45, 2.75) is 0 Å². The van der Waals surface area contributed by atoms with Crippen LogP contribution in [0.1, 0.15) is 0 Å². The lowest BCUT2D eigenvalue weighted by atomic mass is 10.1. The SMILES string of the molecule is Nc1ccc(-c2ccc(Br)cc2)cn1. The number of benzene rings is 1. The van der Waals surface area contributed by atoms with E-state index in [0.717, 1.165) is 15.6 Å².